The number of hydrogen-bond donors (Lipinski definition) is 1. The molecule has 5 nitrogen and oxygen atoms in total. The normalized spacial score (nSPS) is 26.6. The monoisotopic (exact) mass is 245 g/mol. The SMILES string of the molecule is CCN(C1CCC(N)CC1)S(=O)(=O)CC#N. The van der Waals surface area contributed by atoms with Crippen LogP contribution in [0, 0.1) is 11.3 Å². The summed E-state index contributed by atoms with van der Waals surface area (Å²) in [6.07, 6.45) is 3.34. The summed E-state index contributed by atoms with van der Waals surface area (Å²) in [6, 6.07) is 1.95. The molecule has 0 atom stereocenters. The first-order chi connectivity index (χ1) is 7.51. The van der Waals surface area contributed by atoms with Gasteiger partial charge >= 0.3 is 0 Å². The Morgan fingerprint density at radius 1 is 1.38 bits per heavy atom. The van der Waals surface area contributed by atoms with E-state index in [0.717, 1.165) is 25.7 Å². The van der Waals surface area contributed by atoms with Crippen molar-refractivity contribution in [2.75, 3.05) is 12.3 Å². The van der Waals surface area contributed by atoms with E-state index < -0.39 is 15.8 Å². The maximum atomic E-state index is 11.8. The second-order valence-electron chi connectivity index (χ2n) is 4.19. The highest BCUT2D eigenvalue weighted by atomic mass is 32.2. The van der Waals surface area contributed by atoms with Crippen molar-refractivity contribution >= 4 is 10.0 Å². The van der Waals surface area contributed by atoms with Crippen molar-refractivity contribution < 1.29 is 8.42 Å². The Labute approximate surface area is 97.3 Å². The van der Waals surface area contributed by atoms with Gasteiger partial charge < -0.3 is 5.73 Å². The molecule has 1 rings (SSSR count). The summed E-state index contributed by atoms with van der Waals surface area (Å²) in [7, 11) is -3.41. The first kappa shape index (κ1) is 13.4. The number of rotatable bonds is 4. The molecule has 0 aromatic heterocycles. The molecule has 1 aliphatic carbocycles. The Kier molecular flexibility index (Phi) is 4.71. The van der Waals surface area contributed by atoms with E-state index in [1.807, 2.05) is 6.92 Å². The molecule has 0 aromatic rings. The van der Waals surface area contributed by atoms with Gasteiger partial charge in [0.15, 0.2) is 5.75 Å². The van der Waals surface area contributed by atoms with Crippen LogP contribution in [0.5, 0.6) is 0 Å². The van der Waals surface area contributed by atoms with Gasteiger partial charge in [0.2, 0.25) is 10.0 Å². The molecule has 92 valence electrons. The fraction of sp³-hybridized carbons (Fsp3) is 0.900. The fourth-order valence-electron chi connectivity index (χ4n) is 2.24. The van der Waals surface area contributed by atoms with Crippen molar-refractivity contribution in [3.8, 4) is 6.07 Å². The Morgan fingerprint density at radius 3 is 2.38 bits per heavy atom. The predicted octanol–water partition coefficient (Wildman–Crippen LogP) is 0.432. The zero-order chi connectivity index (χ0) is 12.2. The highest BCUT2D eigenvalue weighted by Gasteiger charge is 2.30. The van der Waals surface area contributed by atoms with E-state index >= 15 is 0 Å². The maximum absolute atomic E-state index is 11.8. The summed E-state index contributed by atoms with van der Waals surface area (Å²) >= 11 is 0. The third-order valence-corrected chi connectivity index (χ3v) is 4.83. The Balaban J connectivity index is 2.72. The molecule has 1 aliphatic rings. The highest BCUT2D eigenvalue weighted by molar-refractivity contribution is 7.89. The van der Waals surface area contributed by atoms with Crippen molar-refractivity contribution in [1.82, 2.24) is 4.31 Å². The number of hydrogen-bond acceptors (Lipinski definition) is 4. The first-order valence-corrected chi connectivity index (χ1v) is 7.24. The van der Waals surface area contributed by atoms with Crippen molar-refractivity contribution in [3.63, 3.8) is 0 Å². The quantitative estimate of drug-likeness (QED) is 0.778. The lowest BCUT2D eigenvalue weighted by molar-refractivity contribution is 0.248. The lowest BCUT2D eigenvalue weighted by Crippen LogP contribution is -2.44. The van der Waals surface area contributed by atoms with Crippen LogP contribution in [0.1, 0.15) is 32.6 Å². The van der Waals surface area contributed by atoms with Crippen molar-refractivity contribution in [3.05, 3.63) is 0 Å². The van der Waals surface area contributed by atoms with Gasteiger partial charge in [-0.15, -0.1) is 0 Å². The zero-order valence-electron chi connectivity index (χ0n) is 9.59. The summed E-state index contributed by atoms with van der Waals surface area (Å²) in [5, 5.41) is 8.51. The Morgan fingerprint density at radius 2 is 1.94 bits per heavy atom. The lowest BCUT2D eigenvalue weighted by Gasteiger charge is -2.34. The molecule has 0 aliphatic heterocycles. The highest BCUT2D eigenvalue weighted by Crippen LogP contribution is 2.24. The molecule has 0 aromatic carbocycles. The van der Waals surface area contributed by atoms with Crippen molar-refractivity contribution in [1.29, 1.82) is 5.26 Å². The average Bonchev–Trinajstić information content (AvgIpc) is 2.21. The van der Waals surface area contributed by atoms with Crippen LogP contribution in [-0.4, -0.2) is 37.1 Å². The van der Waals surface area contributed by atoms with E-state index in [9.17, 15) is 8.42 Å². The summed E-state index contributed by atoms with van der Waals surface area (Å²) in [4.78, 5) is 0. The number of nitriles is 1. The summed E-state index contributed by atoms with van der Waals surface area (Å²) in [5.41, 5.74) is 5.79. The van der Waals surface area contributed by atoms with Crippen LogP contribution in [0.2, 0.25) is 0 Å². The maximum Gasteiger partial charge on any atom is 0.227 e. The molecule has 6 heteroatoms. The van der Waals surface area contributed by atoms with Crippen LogP contribution >= 0.6 is 0 Å². The molecule has 0 saturated heterocycles. The van der Waals surface area contributed by atoms with Gasteiger partial charge in [-0.25, -0.2) is 8.42 Å². The van der Waals surface area contributed by atoms with E-state index in [0.29, 0.717) is 6.54 Å². The van der Waals surface area contributed by atoms with E-state index in [1.165, 1.54) is 4.31 Å². The van der Waals surface area contributed by atoms with Gasteiger partial charge in [0, 0.05) is 18.6 Å². The molecule has 0 spiro atoms. The third kappa shape index (κ3) is 3.17. The van der Waals surface area contributed by atoms with Crippen LogP contribution < -0.4 is 5.73 Å². The van der Waals surface area contributed by atoms with Crippen molar-refractivity contribution in [2.45, 2.75) is 44.7 Å². The smallest absolute Gasteiger partial charge is 0.227 e. The Hall–Kier alpha value is -0.640. The average molecular weight is 245 g/mol. The van der Waals surface area contributed by atoms with Crippen LogP contribution in [0.4, 0.5) is 0 Å². The Bertz CT molecular complexity index is 353. The van der Waals surface area contributed by atoms with E-state index in [2.05, 4.69) is 0 Å². The van der Waals surface area contributed by atoms with Crippen LogP contribution in [0.15, 0.2) is 0 Å². The largest absolute Gasteiger partial charge is 0.328 e. The van der Waals surface area contributed by atoms with Crippen LogP contribution in [0.25, 0.3) is 0 Å². The standard InChI is InChI=1S/C10H19N3O2S/c1-2-13(16(14,15)8-7-11)10-5-3-9(12)4-6-10/h9-10H,2-6,8,12H2,1H3. The topological polar surface area (TPSA) is 87.2 Å². The molecular formula is C10H19N3O2S. The molecule has 0 heterocycles. The summed E-state index contributed by atoms with van der Waals surface area (Å²) < 4.78 is 25.1. The number of nitrogens with two attached hydrogens (primary N) is 1. The second kappa shape index (κ2) is 5.62. The molecule has 2 N–H and O–H groups in total. The molecule has 16 heavy (non-hydrogen) atoms. The third-order valence-electron chi connectivity index (χ3n) is 3.06. The second-order valence-corrected chi connectivity index (χ2v) is 6.11. The fourth-order valence-corrected chi connectivity index (χ4v) is 3.62. The predicted molar refractivity (Wildman–Crippen MR) is 62.0 cm³/mol. The van der Waals surface area contributed by atoms with Gasteiger partial charge in [-0.05, 0) is 25.7 Å². The molecule has 0 unspecified atom stereocenters. The van der Waals surface area contributed by atoms with Gasteiger partial charge in [0.05, 0.1) is 6.07 Å². The number of sulfonamides is 1. The molecular weight excluding hydrogens is 226 g/mol. The summed E-state index contributed by atoms with van der Waals surface area (Å²) in [5.74, 6) is -0.427. The molecule has 0 amide bonds. The molecule has 1 saturated carbocycles. The van der Waals surface area contributed by atoms with Gasteiger partial charge in [-0.1, -0.05) is 6.92 Å². The van der Waals surface area contributed by atoms with Crippen molar-refractivity contribution in [2.24, 2.45) is 5.73 Å². The minimum atomic E-state index is -3.41. The van der Waals surface area contributed by atoms with Gasteiger partial charge in [-0.2, -0.15) is 9.57 Å². The number of nitrogens with zero attached hydrogens (tertiary/aromatic N) is 2. The van der Waals surface area contributed by atoms with E-state index in [-0.39, 0.29) is 12.1 Å². The minimum Gasteiger partial charge on any atom is -0.328 e. The van der Waals surface area contributed by atoms with E-state index in [4.69, 9.17) is 11.0 Å². The van der Waals surface area contributed by atoms with Gasteiger partial charge in [0.1, 0.15) is 0 Å². The zero-order valence-corrected chi connectivity index (χ0v) is 10.4. The lowest BCUT2D eigenvalue weighted by atomic mass is 9.92. The van der Waals surface area contributed by atoms with Crippen LogP contribution in [-0.2, 0) is 10.0 Å². The first-order valence-electron chi connectivity index (χ1n) is 5.63. The van der Waals surface area contributed by atoms with Gasteiger partial charge in [-0.3, -0.25) is 0 Å². The summed E-state index contributed by atoms with van der Waals surface area (Å²) in [6.45, 7) is 2.24. The van der Waals surface area contributed by atoms with Gasteiger partial charge in [0.25, 0.3) is 0 Å². The molecule has 0 bridgehead atoms. The molecule has 1 fully saturated rings. The molecule has 0 radical (unpaired) electrons. The minimum absolute atomic E-state index is 0.0307. The van der Waals surface area contributed by atoms with E-state index in [1.54, 1.807) is 6.07 Å². The van der Waals surface area contributed by atoms with Crippen LogP contribution in [0.3, 0.4) is 0 Å².